The second kappa shape index (κ2) is 6.50. The van der Waals surface area contributed by atoms with Gasteiger partial charge in [0.05, 0.1) is 6.10 Å². The van der Waals surface area contributed by atoms with Crippen molar-refractivity contribution < 1.29 is 14.6 Å². The summed E-state index contributed by atoms with van der Waals surface area (Å²) in [4.78, 5) is 11.4. The highest BCUT2D eigenvalue weighted by Crippen LogP contribution is 2.67. The van der Waals surface area contributed by atoms with Crippen LogP contribution in [0.2, 0.25) is 0 Å². The minimum Gasteiger partial charge on any atom is -0.463 e. The smallest absolute Gasteiger partial charge is 0.302 e. The van der Waals surface area contributed by atoms with Crippen LogP contribution in [0.25, 0.3) is 0 Å². The largest absolute Gasteiger partial charge is 0.463 e. The van der Waals surface area contributed by atoms with Crippen LogP contribution < -0.4 is 0 Å². The van der Waals surface area contributed by atoms with Gasteiger partial charge in [0, 0.05) is 6.92 Å². The molecule has 3 heteroatoms. The van der Waals surface area contributed by atoms with Crippen LogP contribution in [0, 0.1) is 40.4 Å². The third-order valence-corrected chi connectivity index (χ3v) is 9.61. The second-order valence-corrected chi connectivity index (χ2v) is 10.6. The average molecular weight is 363 g/mol. The van der Waals surface area contributed by atoms with Gasteiger partial charge in [-0.15, -0.1) is 0 Å². The van der Waals surface area contributed by atoms with Crippen molar-refractivity contribution in [3.63, 3.8) is 0 Å². The molecule has 4 aliphatic carbocycles. The Labute approximate surface area is 159 Å². The van der Waals surface area contributed by atoms with Crippen LogP contribution in [0.1, 0.15) is 85.5 Å². The number of aliphatic hydroxyl groups is 1. The van der Waals surface area contributed by atoms with Gasteiger partial charge in [-0.25, -0.2) is 0 Å². The molecule has 0 aromatic rings. The summed E-state index contributed by atoms with van der Waals surface area (Å²) in [6.07, 6.45) is 11.2. The molecule has 0 aromatic heterocycles. The van der Waals surface area contributed by atoms with Crippen molar-refractivity contribution in [2.45, 2.75) is 97.7 Å². The van der Waals surface area contributed by atoms with Crippen LogP contribution in [0.4, 0.5) is 0 Å². The SMILES string of the molecule is CC(=O)O[C@H]1CC[C@@]2(C)[C@@H](CC[C@@H]3[C@@H]2CC[C@]2(C)C([C@@H](C)O)CC[C@@H]32)C1. The van der Waals surface area contributed by atoms with E-state index < -0.39 is 0 Å². The van der Waals surface area contributed by atoms with E-state index in [1.54, 1.807) is 6.92 Å². The van der Waals surface area contributed by atoms with Crippen LogP contribution in [0.15, 0.2) is 0 Å². The normalized spacial score (nSPS) is 51.7. The molecule has 1 N–H and O–H groups in total. The van der Waals surface area contributed by atoms with Crippen LogP contribution in [-0.4, -0.2) is 23.3 Å². The van der Waals surface area contributed by atoms with Crippen molar-refractivity contribution in [1.29, 1.82) is 0 Å². The predicted octanol–water partition coefficient (Wildman–Crippen LogP) is 4.96. The molecule has 9 atom stereocenters. The number of hydrogen-bond donors (Lipinski definition) is 1. The number of carbonyl (C=O) groups excluding carboxylic acids is 1. The number of hydrogen-bond acceptors (Lipinski definition) is 3. The Morgan fingerprint density at radius 3 is 2.38 bits per heavy atom. The van der Waals surface area contributed by atoms with Crippen LogP contribution >= 0.6 is 0 Å². The topological polar surface area (TPSA) is 46.5 Å². The number of fused-ring (bicyclic) bond motifs is 5. The zero-order valence-electron chi connectivity index (χ0n) is 17.2. The lowest BCUT2D eigenvalue weighted by atomic mass is 9.44. The average Bonchev–Trinajstić information content (AvgIpc) is 2.92. The summed E-state index contributed by atoms with van der Waals surface area (Å²) in [5, 5.41) is 10.4. The third-order valence-electron chi connectivity index (χ3n) is 9.61. The van der Waals surface area contributed by atoms with E-state index in [-0.39, 0.29) is 18.2 Å². The lowest BCUT2D eigenvalue weighted by Gasteiger charge is -2.61. The first-order valence-electron chi connectivity index (χ1n) is 11.1. The van der Waals surface area contributed by atoms with Crippen LogP contribution in [0.5, 0.6) is 0 Å². The fraction of sp³-hybridized carbons (Fsp3) is 0.957. The first kappa shape index (κ1) is 18.8. The zero-order chi connectivity index (χ0) is 18.7. The van der Waals surface area contributed by atoms with Gasteiger partial charge in [-0.1, -0.05) is 13.8 Å². The second-order valence-electron chi connectivity index (χ2n) is 10.6. The van der Waals surface area contributed by atoms with Crippen molar-refractivity contribution in [1.82, 2.24) is 0 Å². The molecule has 0 aliphatic heterocycles. The van der Waals surface area contributed by atoms with E-state index in [2.05, 4.69) is 13.8 Å². The Morgan fingerprint density at radius 1 is 1.00 bits per heavy atom. The standard InChI is InChI=1S/C23H38O3/c1-14(24)19-7-8-20-18-6-5-16-13-17(26-15(2)25)9-11-22(16,3)21(18)10-12-23(19,20)4/h14,16-21,24H,5-13H2,1-4H3/t14-,16+,17+,18+,19?,20+,21+,22+,23-/m1/s1. The fourth-order valence-electron chi connectivity index (χ4n) is 8.39. The van der Waals surface area contributed by atoms with Crippen LogP contribution in [0.3, 0.4) is 0 Å². The van der Waals surface area contributed by atoms with Crippen molar-refractivity contribution >= 4 is 5.97 Å². The molecule has 4 saturated carbocycles. The molecule has 0 saturated heterocycles. The molecule has 0 aromatic carbocycles. The molecule has 148 valence electrons. The van der Waals surface area contributed by atoms with Crippen molar-refractivity contribution in [2.24, 2.45) is 40.4 Å². The number of ether oxygens (including phenoxy) is 1. The van der Waals surface area contributed by atoms with Gasteiger partial charge in [-0.05, 0) is 105 Å². The van der Waals surface area contributed by atoms with E-state index in [9.17, 15) is 9.90 Å². The molecule has 4 fully saturated rings. The molecule has 26 heavy (non-hydrogen) atoms. The summed E-state index contributed by atoms with van der Waals surface area (Å²) < 4.78 is 5.58. The predicted molar refractivity (Wildman–Crippen MR) is 102 cm³/mol. The zero-order valence-corrected chi connectivity index (χ0v) is 17.2. The molecule has 0 spiro atoms. The highest BCUT2D eigenvalue weighted by Gasteiger charge is 2.60. The third kappa shape index (κ3) is 2.75. The van der Waals surface area contributed by atoms with Gasteiger partial charge in [-0.2, -0.15) is 0 Å². The Bertz CT molecular complexity index is 558. The number of carbonyl (C=O) groups is 1. The summed E-state index contributed by atoms with van der Waals surface area (Å²) in [5.41, 5.74) is 0.789. The maximum absolute atomic E-state index is 11.4. The Hall–Kier alpha value is -0.570. The molecular formula is C23H38O3. The van der Waals surface area contributed by atoms with E-state index in [1.807, 2.05) is 6.92 Å². The lowest BCUT2D eigenvalue weighted by Crippen LogP contribution is -2.54. The van der Waals surface area contributed by atoms with E-state index in [1.165, 1.54) is 44.9 Å². The van der Waals surface area contributed by atoms with Gasteiger partial charge < -0.3 is 9.84 Å². The Morgan fingerprint density at radius 2 is 1.69 bits per heavy atom. The number of esters is 1. The van der Waals surface area contributed by atoms with E-state index in [0.717, 1.165) is 36.5 Å². The van der Waals surface area contributed by atoms with Gasteiger partial charge in [0.25, 0.3) is 0 Å². The van der Waals surface area contributed by atoms with Crippen molar-refractivity contribution in [3.8, 4) is 0 Å². The molecule has 4 rings (SSSR count). The highest BCUT2D eigenvalue weighted by atomic mass is 16.5. The molecular weight excluding hydrogens is 324 g/mol. The van der Waals surface area contributed by atoms with Gasteiger partial charge >= 0.3 is 5.97 Å². The summed E-state index contributed by atoms with van der Waals surface area (Å²) in [6.45, 7) is 8.61. The van der Waals surface area contributed by atoms with Gasteiger partial charge in [-0.3, -0.25) is 4.79 Å². The maximum Gasteiger partial charge on any atom is 0.302 e. The monoisotopic (exact) mass is 362 g/mol. The first-order chi connectivity index (χ1) is 12.3. The number of aliphatic hydroxyl groups excluding tert-OH is 1. The van der Waals surface area contributed by atoms with E-state index in [0.29, 0.717) is 16.7 Å². The lowest BCUT2D eigenvalue weighted by molar-refractivity contribution is -0.161. The summed E-state index contributed by atoms with van der Waals surface area (Å²) in [6, 6.07) is 0. The highest BCUT2D eigenvalue weighted by molar-refractivity contribution is 5.66. The Balaban J connectivity index is 1.53. The van der Waals surface area contributed by atoms with Crippen LogP contribution in [-0.2, 0) is 9.53 Å². The summed E-state index contributed by atoms with van der Waals surface area (Å²) >= 11 is 0. The summed E-state index contributed by atoms with van der Waals surface area (Å²) in [5.74, 6) is 3.61. The van der Waals surface area contributed by atoms with Gasteiger partial charge in [0.15, 0.2) is 0 Å². The quantitative estimate of drug-likeness (QED) is 0.706. The Kier molecular flexibility index (Phi) is 4.69. The maximum atomic E-state index is 11.4. The summed E-state index contributed by atoms with van der Waals surface area (Å²) in [7, 11) is 0. The first-order valence-corrected chi connectivity index (χ1v) is 11.1. The van der Waals surface area contributed by atoms with Crippen molar-refractivity contribution in [3.05, 3.63) is 0 Å². The molecule has 4 aliphatic rings. The van der Waals surface area contributed by atoms with Crippen molar-refractivity contribution in [2.75, 3.05) is 0 Å². The number of rotatable bonds is 2. The molecule has 1 unspecified atom stereocenters. The van der Waals surface area contributed by atoms with E-state index >= 15 is 0 Å². The van der Waals surface area contributed by atoms with Gasteiger partial charge in [0.2, 0.25) is 0 Å². The van der Waals surface area contributed by atoms with E-state index in [4.69, 9.17) is 4.74 Å². The fourth-order valence-corrected chi connectivity index (χ4v) is 8.39. The molecule has 0 amide bonds. The minimum absolute atomic E-state index is 0.115. The molecule has 0 heterocycles. The molecule has 0 radical (unpaired) electrons. The van der Waals surface area contributed by atoms with Gasteiger partial charge in [0.1, 0.15) is 6.10 Å². The molecule has 0 bridgehead atoms. The molecule has 3 nitrogen and oxygen atoms in total. The minimum atomic E-state index is -0.160.